The lowest BCUT2D eigenvalue weighted by atomic mass is 9.98. The van der Waals surface area contributed by atoms with Crippen molar-refractivity contribution in [2.24, 2.45) is 0 Å². The SMILES string of the molecule is Cc1cc(C)c(NC(=O)NC2(C(=O)O)CCCC2)c(C)c1. The Morgan fingerprint density at radius 1 is 1.10 bits per heavy atom. The molecule has 0 bridgehead atoms. The minimum Gasteiger partial charge on any atom is -0.480 e. The summed E-state index contributed by atoms with van der Waals surface area (Å²) in [5, 5.41) is 14.8. The molecule has 0 aliphatic heterocycles. The number of carbonyl (C=O) groups is 2. The highest BCUT2D eigenvalue weighted by Crippen LogP contribution is 2.30. The third-order valence-electron chi connectivity index (χ3n) is 4.13. The number of rotatable bonds is 3. The van der Waals surface area contributed by atoms with Crippen molar-refractivity contribution in [2.45, 2.75) is 52.0 Å². The van der Waals surface area contributed by atoms with Gasteiger partial charge in [-0.2, -0.15) is 0 Å². The lowest BCUT2D eigenvalue weighted by Gasteiger charge is -2.26. The highest BCUT2D eigenvalue weighted by molar-refractivity contribution is 5.95. The predicted octanol–water partition coefficient (Wildman–Crippen LogP) is 3.13. The van der Waals surface area contributed by atoms with E-state index in [0.717, 1.165) is 35.2 Å². The minimum atomic E-state index is -1.11. The number of anilines is 1. The maximum Gasteiger partial charge on any atom is 0.329 e. The van der Waals surface area contributed by atoms with Gasteiger partial charge in [0.2, 0.25) is 0 Å². The summed E-state index contributed by atoms with van der Waals surface area (Å²) >= 11 is 0. The summed E-state index contributed by atoms with van der Waals surface area (Å²) in [5.74, 6) is -0.951. The fourth-order valence-corrected chi connectivity index (χ4v) is 3.11. The fraction of sp³-hybridized carbons (Fsp3) is 0.500. The Bertz CT molecular complexity index is 552. The molecule has 1 aromatic carbocycles. The summed E-state index contributed by atoms with van der Waals surface area (Å²) in [7, 11) is 0. The van der Waals surface area contributed by atoms with Crippen molar-refractivity contribution < 1.29 is 14.7 Å². The molecule has 5 heteroatoms. The van der Waals surface area contributed by atoms with Gasteiger partial charge in [-0.15, -0.1) is 0 Å². The quantitative estimate of drug-likeness (QED) is 0.800. The summed E-state index contributed by atoms with van der Waals surface area (Å²) in [4.78, 5) is 23.6. The number of benzene rings is 1. The number of amides is 2. The molecule has 0 saturated heterocycles. The van der Waals surface area contributed by atoms with Crippen molar-refractivity contribution in [2.75, 3.05) is 5.32 Å². The first kappa shape index (κ1) is 15.4. The molecule has 1 aliphatic rings. The number of carboxylic acid groups (broad SMARTS) is 1. The Kier molecular flexibility index (Phi) is 4.21. The van der Waals surface area contributed by atoms with Gasteiger partial charge in [0.05, 0.1) is 0 Å². The highest BCUT2D eigenvalue weighted by Gasteiger charge is 2.42. The van der Waals surface area contributed by atoms with Gasteiger partial charge >= 0.3 is 12.0 Å². The number of aliphatic carboxylic acids is 1. The molecule has 21 heavy (non-hydrogen) atoms. The zero-order valence-electron chi connectivity index (χ0n) is 12.7. The Hall–Kier alpha value is -2.04. The van der Waals surface area contributed by atoms with Crippen LogP contribution in [0.2, 0.25) is 0 Å². The van der Waals surface area contributed by atoms with E-state index in [2.05, 4.69) is 10.6 Å². The lowest BCUT2D eigenvalue weighted by molar-refractivity contribution is -0.144. The van der Waals surface area contributed by atoms with Gasteiger partial charge in [0.1, 0.15) is 5.54 Å². The molecule has 1 fully saturated rings. The largest absolute Gasteiger partial charge is 0.480 e. The van der Waals surface area contributed by atoms with Crippen LogP contribution in [0.5, 0.6) is 0 Å². The van der Waals surface area contributed by atoms with Gasteiger partial charge in [-0.1, -0.05) is 30.5 Å². The van der Waals surface area contributed by atoms with Crippen molar-refractivity contribution in [1.82, 2.24) is 5.32 Å². The first-order chi connectivity index (χ1) is 9.84. The number of aryl methyl sites for hydroxylation is 3. The lowest BCUT2D eigenvalue weighted by Crippen LogP contribution is -2.53. The smallest absolute Gasteiger partial charge is 0.329 e. The molecule has 1 saturated carbocycles. The number of nitrogens with one attached hydrogen (secondary N) is 2. The third kappa shape index (κ3) is 3.17. The number of urea groups is 1. The summed E-state index contributed by atoms with van der Waals surface area (Å²) in [6.07, 6.45) is 2.63. The number of carbonyl (C=O) groups excluding carboxylic acids is 1. The van der Waals surface area contributed by atoms with Crippen LogP contribution in [0.4, 0.5) is 10.5 Å². The maximum absolute atomic E-state index is 12.2. The van der Waals surface area contributed by atoms with E-state index < -0.39 is 17.5 Å². The molecule has 0 radical (unpaired) electrons. The Morgan fingerprint density at radius 2 is 1.62 bits per heavy atom. The predicted molar refractivity (Wildman–Crippen MR) is 81.6 cm³/mol. The number of hydrogen-bond acceptors (Lipinski definition) is 2. The van der Waals surface area contributed by atoms with Crippen LogP contribution in [-0.2, 0) is 4.79 Å². The van der Waals surface area contributed by atoms with Crippen LogP contribution in [0.3, 0.4) is 0 Å². The van der Waals surface area contributed by atoms with Crippen LogP contribution in [0.25, 0.3) is 0 Å². The minimum absolute atomic E-state index is 0.450. The average molecular weight is 290 g/mol. The molecule has 0 heterocycles. The zero-order valence-corrected chi connectivity index (χ0v) is 12.7. The molecule has 0 atom stereocenters. The molecule has 3 N–H and O–H groups in total. The van der Waals surface area contributed by atoms with E-state index in [1.54, 1.807) is 0 Å². The monoisotopic (exact) mass is 290 g/mol. The second-order valence-corrected chi connectivity index (χ2v) is 5.95. The van der Waals surface area contributed by atoms with Crippen molar-refractivity contribution in [3.63, 3.8) is 0 Å². The Morgan fingerprint density at radius 3 is 2.10 bits per heavy atom. The maximum atomic E-state index is 12.2. The van der Waals surface area contributed by atoms with Gasteiger partial charge in [0.15, 0.2) is 0 Å². The molecule has 5 nitrogen and oxygen atoms in total. The molecule has 114 valence electrons. The molecular formula is C16H22N2O3. The summed E-state index contributed by atoms with van der Waals surface area (Å²) in [6, 6.07) is 3.53. The first-order valence-electron chi connectivity index (χ1n) is 7.24. The van der Waals surface area contributed by atoms with E-state index in [1.165, 1.54) is 0 Å². The van der Waals surface area contributed by atoms with E-state index in [0.29, 0.717) is 12.8 Å². The molecule has 1 aliphatic carbocycles. The highest BCUT2D eigenvalue weighted by atomic mass is 16.4. The number of carboxylic acids is 1. The standard InChI is InChI=1S/C16H22N2O3/c1-10-8-11(2)13(12(3)9-10)17-15(21)18-16(14(19)20)6-4-5-7-16/h8-9H,4-7H2,1-3H3,(H,19,20)(H2,17,18,21). The van der Waals surface area contributed by atoms with Crippen LogP contribution in [-0.4, -0.2) is 22.6 Å². The molecule has 1 aromatic rings. The molecule has 0 unspecified atom stereocenters. The molecule has 0 aromatic heterocycles. The third-order valence-corrected chi connectivity index (χ3v) is 4.13. The summed E-state index contributed by atoms with van der Waals surface area (Å²) in [6.45, 7) is 5.86. The number of hydrogen-bond donors (Lipinski definition) is 3. The Labute approximate surface area is 124 Å². The van der Waals surface area contributed by atoms with E-state index in [4.69, 9.17) is 0 Å². The molecular weight excluding hydrogens is 268 g/mol. The van der Waals surface area contributed by atoms with Gasteiger partial charge < -0.3 is 15.7 Å². The van der Waals surface area contributed by atoms with Crippen molar-refractivity contribution >= 4 is 17.7 Å². The van der Waals surface area contributed by atoms with Crippen LogP contribution < -0.4 is 10.6 Å². The topological polar surface area (TPSA) is 78.4 Å². The normalized spacial score (nSPS) is 16.5. The fourth-order valence-electron chi connectivity index (χ4n) is 3.11. The molecule has 0 spiro atoms. The van der Waals surface area contributed by atoms with Crippen LogP contribution in [0.1, 0.15) is 42.4 Å². The second-order valence-electron chi connectivity index (χ2n) is 5.95. The summed E-state index contributed by atoms with van der Waals surface area (Å²) < 4.78 is 0. The van der Waals surface area contributed by atoms with Gasteiger partial charge in [0, 0.05) is 5.69 Å². The van der Waals surface area contributed by atoms with Crippen LogP contribution in [0.15, 0.2) is 12.1 Å². The van der Waals surface area contributed by atoms with Gasteiger partial charge in [-0.05, 0) is 44.7 Å². The van der Waals surface area contributed by atoms with Crippen molar-refractivity contribution in [1.29, 1.82) is 0 Å². The second kappa shape index (κ2) is 5.76. The van der Waals surface area contributed by atoms with E-state index in [1.807, 2.05) is 32.9 Å². The molecule has 2 rings (SSSR count). The van der Waals surface area contributed by atoms with Crippen molar-refractivity contribution in [3.05, 3.63) is 28.8 Å². The van der Waals surface area contributed by atoms with E-state index in [-0.39, 0.29) is 0 Å². The first-order valence-corrected chi connectivity index (χ1v) is 7.24. The van der Waals surface area contributed by atoms with Crippen molar-refractivity contribution in [3.8, 4) is 0 Å². The van der Waals surface area contributed by atoms with E-state index in [9.17, 15) is 14.7 Å². The van der Waals surface area contributed by atoms with Crippen LogP contribution in [0, 0.1) is 20.8 Å². The molecule has 2 amide bonds. The van der Waals surface area contributed by atoms with Gasteiger partial charge in [-0.3, -0.25) is 0 Å². The average Bonchev–Trinajstić information content (AvgIpc) is 2.83. The van der Waals surface area contributed by atoms with Gasteiger partial charge in [-0.25, -0.2) is 9.59 Å². The van der Waals surface area contributed by atoms with Gasteiger partial charge in [0.25, 0.3) is 0 Å². The van der Waals surface area contributed by atoms with Crippen LogP contribution >= 0.6 is 0 Å². The summed E-state index contributed by atoms with van der Waals surface area (Å²) in [5.41, 5.74) is 2.71. The van der Waals surface area contributed by atoms with E-state index >= 15 is 0 Å². The zero-order chi connectivity index (χ0) is 15.6. The Balaban J connectivity index is 2.14.